The Morgan fingerprint density at radius 1 is 0.615 bits per heavy atom. The molecule has 0 heterocycles. The summed E-state index contributed by atoms with van der Waals surface area (Å²) in [5, 5.41) is 0. The molecule has 4 aromatic carbocycles. The normalized spacial score (nSPS) is 11.4. The highest BCUT2D eigenvalue weighted by Gasteiger charge is 2.40. The highest BCUT2D eigenvalue weighted by Crippen LogP contribution is 2.33. The van der Waals surface area contributed by atoms with Gasteiger partial charge in [0.05, 0.1) is 7.11 Å². The highest BCUT2D eigenvalue weighted by atomic mass is 16.6. The van der Waals surface area contributed by atoms with Gasteiger partial charge in [-0.15, -0.1) is 0 Å². The summed E-state index contributed by atoms with van der Waals surface area (Å²) in [6.45, 7) is -0.00779. The van der Waals surface area contributed by atoms with Gasteiger partial charge in [-0.3, -0.25) is 14.4 Å². The van der Waals surface area contributed by atoms with Gasteiger partial charge in [0.15, 0.2) is 11.7 Å². The molecular formula is C33H30O6. The molecule has 1 atom stereocenters. The van der Waals surface area contributed by atoms with Crippen molar-refractivity contribution < 1.29 is 28.6 Å². The van der Waals surface area contributed by atoms with E-state index in [4.69, 9.17) is 14.2 Å². The summed E-state index contributed by atoms with van der Waals surface area (Å²) in [5.74, 6) is -3.22. The molecule has 6 nitrogen and oxygen atoms in total. The van der Waals surface area contributed by atoms with Crippen molar-refractivity contribution in [2.45, 2.75) is 25.6 Å². The molecule has 4 aromatic rings. The van der Waals surface area contributed by atoms with Crippen LogP contribution in [0.2, 0.25) is 0 Å². The van der Waals surface area contributed by atoms with Gasteiger partial charge in [-0.2, -0.15) is 0 Å². The van der Waals surface area contributed by atoms with E-state index >= 15 is 0 Å². The average molecular weight is 523 g/mol. The molecular weight excluding hydrogens is 492 g/mol. The van der Waals surface area contributed by atoms with Crippen molar-refractivity contribution >= 4 is 17.7 Å². The molecule has 0 unspecified atom stereocenters. The Morgan fingerprint density at radius 3 is 1.54 bits per heavy atom. The summed E-state index contributed by atoms with van der Waals surface area (Å²) in [5.41, 5.74) is 2.68. The zero-order valence-electron chi connectivity index (χ0n) is 21.7. The minimum absolute atomic E-state index is 0.00389. The van der Waals surface area contributed by atoms with Crippen LogP contribution in [0.15, 0.2) is 115 Å². The van der Waals surface area contributed by atoms with Crippen LogP contribution >= 0.6 is 0 Å². The van der Waals surface area contributed by atoms with Crippen molar-refractivity contribution in [2.75, 3.05) is 7.11 Å². The van der Waals surface area contributed by atoms with Gasteiger partial charge < -0.3 is 14.2 Å². The van der Waals surface area contributed by atoms with E-state index in [1.807, 2.05) is 78.9 Å². The lowest BCUT2D eigenvalue weighted by Gasteiger charge is -2.25. The van der Waals surface area contributed by atoms with Crippen molar-refractivity contribution in [3.63, 3.8) is 0 Å². The number of benzene rings is 4. The molecule has 198 valence electrons. The Bertz CT molecular complexity index is 1300. The molecule has 39 heavy (non-hydrogen) atoms. The molecule has 0 saturated heterocycles. The minimum Gasteiger partial charge on any atom is -0.497 e. The van der Waals surface area contributed by atoms with E-state index < -0.39 is 23.8 Å². The second-order valence-corrected chi connectivity index (χ2v) is 9.04. The zero-order chi connectivity index (χ0) is 27.5. The maximum absolute atomic E-state index is 13.5. The fourth-order valence-electron chi connectivity index (χ4n) is 4.28. The number of ether oxygens (including phenoxy) is 3. The summed E-state index contributed by atoms with van der Waals surface area (Å²) in [6, 6.07) is 34.2. The van der Waals surface area contributed by atoms with Crippen LogP contribution in [-0.2, 0) is 32.3 Å². The third-order valence-electron chi connectivity index (χ3n) is 6.40. The molecule has 0 spiro atoms. The fourth-order valence-corrected chi connectivity index (χ4v) is 4.28. The van der Waals surface area contributed by atoms with Crippen LogP contribution in [0.3, 0.4) is 0 Å². The van der Waals surface area contributed by atoms with Crippen molar-refractivity contribution in [3.05, 3.63) is 138 Å². The van der Waals surface area contributed by atoms with E-state index in [1.54, 1.807) is 43.5 Å². The first kappa shape index (κ1) is 27.3. The fraction of sp³-hybridized carbons (Fsp3) is 0.182. The SMILES string of the molecule is COc1ccc(C(=O)C[C@@H](c2ccccc2)C(C(=O)OCc2ccccc2)C(=O)OCc2ccccc2)cc1. The number of carbonyl (C=O) groups is 3. The number of Topliss-reactive ketones (excluding diaryl/α,β-unsaturated/α-hetero) is 1. The summed E-state index contributed by atoms with van der Waals surface area (Å²) in [7, 11) is 1.55. The maximum atomic E-state index is 13.5. The van der Waals surface area contributed by atoms with E-state index in [9.17, 15) is 14.4 Å². The van der Waals surface area contributed by atoms with Crippen LogP contribution in [0.25, 0.3) is 0 Å². The Kier molecular flexibility index (Phi) is 9.62. The van der Waals surface area contributed by atoms with Gasteiger partial charge in [-0.25, -0.2) is 0 Å². The number of esters is 2. The molecule has 0 saturated carbocycles. The van der Waals surface area contributed by atoms with Crippen LogP contribution in [0.5, 0.6) is 5.75 Å². The lowest BCUT2D eigenvalue weighted by Crippen LogP contribution is -2.34. The largest absolute Gasteiger partial charge is 0.497 e. The van der Waals surface area contributed by atoms with E-state index in [-0.39, 0.29) is 25.4 Å². The monoisotopic (exact) mass is 522 g/mol. The van der Waals surface area contributed by atoms with Gasteiger partial charge in [-0.1, -0.05) is 91.0 Å². The van der Waals surface area contributed by atoms with E-state index in [0.717, 1.165) is 11.1 Å². The van der Waals surface area contributed by atoms with Crippen LogP contribution in [0.1, 0.15) is 39.4 Å². The second kappa shape index (κ2) is 13.7. The molecule has 0 aliphatic carbocycles. The molecule has 0 aromatic heterocycles. The zero-order valence-corrected chi connectivity index (χ0v) is 21.7. The Hall–Kier alpha value is -4.71. The molecule has 0 N–H and O–H groups in total. The van der Waals surface area contributed by atoms with E-state index in [0.29, 0.717) is 16.9 Å². The number of ketones is 1. The van der Waals surface area contributed by atoms with Gasteiger partial charge in [0.2, 0.25) is 0 Å². The Balaban J connectivity index is 1.63. The first-order valence-corrected chi connectivity index (χ1v) is 12.7. The van der Waals surface area contributed by atoms with Gasteiger partial charge >= 0.3 is 11.9 Å². The third-order valence-corrected chi connectivity index (χ3v) is 6.40. The van der Waals surface area contributed by atoms with E-state index in [2.05, 4.69) is 0 Å². The average Bonchev–Trinajstić information content (AvgIpc) is 3.00. The maximum Gasteiger partial charge on any atom is 0.321 e. The Morgan fingerprint density at radius 2 is 1.08 bits per heavy atom. The predicted molar refractivity (Wildman–Crippen MR) is 147 cm³/mol. The van der Waals surface area contributed by atoms with Crippen LogP contribution in [0.4, 0.5) is 0 Å². The molecule has 0 fully saturated rings. The molecule has 0 aliphatic heterocycles. The van der Waals surface area contributed by atoms with Gasteiger partial charge in [-0.05, 0) is 41.0 Å². The van der Waals surface area contributed by atoms with Crippen LogP contribution in [-0.4, -0.2) is 24.8 Å². The van der Waals surface area contributed by atoms with Crippen LogP contribution < -0.4 is 4.74 Å². The molecule has 6 heteroatoms. The summed E-state index contributed by atoms with van der Waals surface area (Å²) in [6.07, 6.45) is -0.0954. The number of methoxy groups -OCH3 is 1. The topological polar surface area (TPSA) is 78.9 Å². The Labute approximate surface area is 228 Å². The number of carbonyl (C=O) groups excluding carboxylic acids is 3. The van der Waals surface area contributed by atoms with Gasteiger partial charge in [0.25, 0.3) is 0 Å². The second-order valence-electron chi connectivity index (χ2n) is 9.04. The molecule has 0 amide bonds. The van der Waals surface area contributed by atoms with Crippen molar-refractivity contribution in [1.29, 1.82) is 0 Å². The first-order chi connectivity index (χ1) is 19.0. The van der Waals surface area contributed by atoms with E-state index in [1.165, 1.54) is 0 Å². The number of rotatable bonds is 12. The summed E-state index contributed by atoms with van der Waals surface area (Å²) < 4.78 is 16.4. The van der Waals surface area contributed by atoms with Crippen molar-refractivity contribution in [3.8, 4) is 5.75 Å². The van der Waals surface area contributed by atoms with Gasteiger partial charge in [0, 0.05) is 17.9 Å². The molecule has 4 rings (SSSR count). The summed E-state index contributed by atoms with van der Waals surface area (Å²) >= 11 is 0. The lowest BCUT2D eigenvalue weighted by molar-refractivity contribution is -0.165. The predicted octanol–water partition coefficient (Wildman–Crippen LogP) is 6.15. The van der Waals surface area contributed by atoms with Gasteiger partial charge in [0.1, 0.15) is 19.0 Å². The standard InChI is InChI=1S/C33H30O6/c1-37-28-19-17-27(18-20-28)30(34)21-29(26-15-9-4-10-16-26)31(32(35)38-22-24-11-5-2-6-12-24)33(36)39-23-25-13-7-3-8-14-25/h2-20,29,31H,21-23H2,1H3/t29-/m0/s1. The smallest absolute Gasteiger partial charge is 0.321 e. The molecule has 0 aliphatic rings. The van der Waals surface area contributed by atoms with Crippen molar-refractivity contribution in [1.82, 2.24) is 0 Å². The lowest BCUT2D eigenvalue weighted by atomic mass is 9.81. The van der Waals surface area contributed by atoms with Crippen LogP contribution in [0, 0.1) is 5.92 Å². The minimum atomic E-state index is -1.35. The molecule has 0 bridgehead atoms. The highest BCUT2D eigenvalue weighted by molar-refractivity contribution is 6.00. The number of hydrogen-bond donors (Lipinski definition) is 0. The third kappa shape index (κ3) is 7.65. The summed E-state index contributed by atoms with van der Waals surface area (Å²) in [4.78, 5) is 40.5. The number of hydrogen-bond acceptors (Lipinski definition) is 6. The van der Waals surface area contributed by atoms with Crippen molar-refractivity contribution in [2.24, 2.45) is 5.92 Å². The first-order valence-electron chi connectivity index (χ1n) is 12.7. The quantitative estimate of drug-likeness (QED) is 0.126. The molecule has 0 radical (unpaired) electrons.